The fourth-order valence-corrected chi connectivity index (χ4v) is 6.32. The van der Waals surface area contributed by atoms with Gasteiger partial charge in [0.05, 0.1) is 18.2 Å². The number of thioether (sulfide) groups is 1. The van der Waals surface area contributed by atoms with Gasteiger partial charge in [-0.15, -0.1) is 11.8 Å². The van der Waals surface area contributed by atoms with Gasteiger partial charge in [-0.05, 0) is 13.8 Å². The van der Waals surface area contributed by atoms with Crippen LogP contribution in [-0.4, -0.2) is 71.4 Å². The third-order valence-corrected chi connectivity index (χ3v) is 7.95. The molecular weight excluding hydrogens is 556 g/mol. The number of aliphatic carboxylic acids is 1. The number of nitrogen functional groups attached to an aromatic ring is 3. The Morgan fingerprint density at radius 3 is 2.71 bits per heavy atom. The van der Waals surface area contributed by atoms with E-state index < -0.39 is 28.7 Å². The summed E-state index contributed by atoms with van der Waals surface area (Å²) in [4.78, 5) is 53.1. The number of carbonyl (C=O) groups is 3. The summed E-state index contributed by atoms with van der Waals surface area (Å²) in [6.07, 6.45) is 0. The average molecular weight is 579 g/mol. The average Bonchev–Trinajstić information content (AvgIpc) is 3.31. The van der Waals surface area contributed by atoms with Crippen molar-refractivity contribution in [1.29, 1.82) is 0 Å². The van der Waals surface area contributed by atoms with Crippen molar-refractivity contribution in [2.24, 2.45) is 5.16 Å². The summed E-state index contributed by atoms with van der Waals surface area (Å²) < 4.78 is 5.54. The summed E-state index contributed by atoms with van der Waals surface area (Å²) in [6.45, 7) is 3.95. The van der Waals surface area contributed by atoms with Gasteiger partial charge in [-0.25, -0.2) is 4.57 Å². The van der Waals surface area contributed by atoms with Crippen LogP contribution in [0.1, 0.15) is 25.4 Å². The third kappa shape index (κ3) is 4.39. The minimum atomic E-state index is -1.74. The molecule has 0 radical (unpaired) electrons. The van der Waals surface area contributed by atoms with Crippen molar-refractivity contribution in [1.82, 2.24) is 24.6 Å². The first-order valence-corrected chi connectivity index (χ1v) is 13.3. The molecule has 2 aromatic rings. The van der Waals surface area contributed by atoms with E-state index in [1.807, 2.05) is 0 Å². The Morgan fingerprint density at radius 2 is 2.13 bits per heavy atom. The normalized spacial score (nSPS) is 21.0. The molecule has 15 nitrogen and oxygen atoms in total. The van der Waals surface area contributed by atoms with E-state index in [1.54, 1.807) is 18.4 Å². The Morgan fingerprint density at radius 1 is 1.39 bits per heavy atom. The molecule has 2 amide bonds. The van der Waals surface area contributed by atoms with Crippen molar-refractivity contribution in [3.63, 3.8) is 0 Å². The number of hydrogen-bond acceptors (Lipinski definition) is 15. The Bertz CT molecular complexity index is 1410. The predicted octanol–water partition coefficient (Wildman–Crippen LogP) is -2.34. The third-order valence-electron chi connectivity index (χ3n) is 5.68. The van der Waals surface area contributed by atoms with Crippen molar-refractivity contribution < 1.29 is 28.9 Å². The second-order valence-electron chi connectivity index (χ2n) is 7.88. The number of β-lactam (4-membered cyclic amide) rings is 1. The van der Waals surface area contributed by atoms with Crippen LogP contribution in [0.4, 0.5) is 16.9 Å². The number of oxime groups is 1. The van der Waals surface area contributed by atoms with Gasteiger partial charge in [-0.2, -0.15) is 9.36 Å². The van der Waals surface area contributed by atoms with Crippen LogP contribution in [0.3, 0.4) is 0 Å². The zero-order valence-corrected chi connectivity index (χ0v) is 22.5. The molecule has 0 bridgehead atoms. The van der Waals surface area contributed by atoms with Gasteiger partial charge in [-0.3, -0.25) is 20.2 Å². The van der Waals surface area contributed by atoms with Crippen LogP contribution in [0, 0.1) is 0 Å². The largest absolute Gasteiger partial charge is 0.543 e. The fourth-order valence-electron chi connectivity index (χ4n) is 4.06. The highest BCUT2D eigenvalue weighted by molar-refractivity contribution is 8.00. The summed E-state index contributed by atoms with van der Waals surface area (Å²) in [5.74, 6) is -3.10. The summed E-state index contributed by atoms with van der Waals surface area (Å²) in [5.41, 5.74) is 15.7. The van der Waals surface area contributed by atoms with Crippen LogP contribution < -0.4 is 32.2 Å². The standard InChI is InChI=1S/C20H22N10O5S3/c1-3-29-9(5-10(21)24-18(29)22)8-6-37-17-20(7-36,16(34)30(17)12(8)15(32)33)26-14(31)11(27-35-4-2)13-25-19(23)38-28-13/h5,7,17H,3-4,6H2,1-2H3,(H7,21,22,23,24,25,26,28,31,32,33)/b27-11-/t17-,20+/m1/s1. The summed E-state index contributed by atoms with van der Waals surface area (Å²) in [5, 5.41) is 18.9. The number of nitrogens with zero attached hydrogens (tertiary/aromatic N) is 6. The first-order chi connectivity index (χ1) is 18.1. The molecule has 2 aliphatic heterocycles. The number of carboxylic acid groups (broad SMARTS) is 1. The number of rotatable bonds is 9. The molecule has 1 saturated heterocycles. The molecule has 0 unspecified atom stereocenters. The van der Waals surface area contributed by atoms with Crippen LogP contribution in [0.25, 0.3) is 5.57 Å². The van der Waals surface area contributed by atoms with Gasteiger partial charge in [0, 0.05) is 34.3 Å². The molecule has 2 atom stereocenters. The minimum Gasteiger partial charge on any atom is -0.543 e. The molecule has 0 saturated carbocycles. The quantitative estimate of drug-likeness (QED) is 0.0804. The maximum absolute atomic E-state index is 13.5. The van der Waals surface area contributed by atoms with Crippen LogP contribution in [0.15, 0.2) is 16.9 Å². The molecule has 4 rings (SSSR count). The van der Waals surface area contributed by atoms with Gasteiger partial charge < -0.3 is 31.5 Å². The number of thiocarbonyl (C=S) groups is 1. The Kier molecular flexibility index (Phi) is 7.47. The maximum Gasteiger partial charge on any atom is 0.391 e. The number of carbonyl (C=O) groups excluding carboxylic acids is 3. The van der Waals surface area contributed by atoms with Crippen molar-refractivity contribution in [2.75, 3.05) is 29.6 Å². The zero-order chi connectivity index (χ0) is 27.8. The van der Waals surface area contributed by atoms with E-state index in [0.29, 0.717) is 12.2 Å². The lowest BCUT2D eigenvalue weighted by molar-refractivity contribution is -0.683. The van der Waals surface area contributed by atoms with Crippen molar-refractivity contribution in [3.05, 3.63) is 23.3 Å². The molecule has 2 aliphatic rings. The Balaban J connectivity index is 1.73. The molecule has 1 fully saturated rings. The Labute approximate surface area is 229 Å². The lowest BCUT2D eigenvalue weighted by Crippen LogP contribution is -2.81. The molecule has 4 heterocycles. The maximum atomic E-state index is 13.5. The van der Waals surface area contributed by atoms with E-state index in [4.69, 9.17) is 34.3 Å². The lowest BCUT2D eigenvalue weighted by Gasteiger charge is -2.56. The molecule has 38 heavy (non-hydrogen) atoms. The minimum absolute atomic E-state index is 0.0763. The fraction of sp³-hybridized carbons (Fsp3) is 0.350. The summed E-state index contributed by atoms with van der Waals surface area (Å²) in [7, 11) is 0. The van der Waals surface area contributed by atoms with Crippen molar-refractivity contribution in [2.45, 2.75) is 31.3 Å². The van der Waals surface area contributed by atoms with Crippen LogP contribution in [0.2, 0.25) is 0 Å². The van der Waals surface area contributed by atoms with E-state index in [-0.39, 0.29) is 52.1 Å². The molecule has 0 aromatic carbocycles. The number of nitrogens with two attached hydrogens (primary N) is 3. The molecule has 0 aliphatic carbocycles. The van der Waals surface area contributed by atoms with Gasteiger partial charge in [0.25, 0.3) is 11.8 Å². The highest BCUT2D eigenvalue weighted by atomic mass is 32.2. The first-order valence-electron chi connectivity index (χ1n) is 11.0. The number of aromatic nitrogens is 4. The van der Waals surface area contributed by atoms with Gasteiger partial charge in [0.2, 0.25) is 17.4 Å². The summed E-state index contributed by atoms with van der Waals surface area (Å²) in [6, 6.07) is 1.47. The van der Waals surface area contributed by atoms with Crippen molar-refractivity contribution >= 4 is 86.8 Å². The number of carboxylic acids is 1. The molecule has 2 aromatic heterocycles. The van der Waals surface area contributed by atoms with Gasteiger partial charge in [0.1, 0.15) is 17.7 Å². The number of fused-ring (bicyclic) bond motifs is 1. The van der Waals surface area contributed by atoms with E-state index in [2.05, 4.69) is 24.8 Å². The van der Waals surface area contributed by atoms with Gasteiger partial charge >= 0.3 is 5.95 Å². The molecule has 7 N–H and O–H groups in total. The molecular formula is C20H22N10O5S3. The topological polar surface area (TPSA) is 232 Å². The predicted molar refractivity (Wildman–Crippen MR) is 141 cm³/mol. The number of hydrogen-bond donors (Lipinski definition) is 4. The van der Waals surface area contributed by atoms with E-state index in [1.165, 1.54) is 17.8 Å². The number of amides is 2. The zero-order valence-electron chi connectivity index (χ0n) is 20.0. The monoisotopic (exact) mass is 578 g/mol. The van der Waals surface area contributed by atoms with Crippen LogP contribution >= 0.6 is 35.5 Å². The van der Waals surface area contributed by atoms with Crippen molar-refractivity contribution in [3.8, 4) is 0 Å². The SMILES string of the molecule is CCO/N=C(\C(=O)N[C@@]1(C=S)C(=O)N2C(C(=O)[O-])=C(c3cc(N)nc(N)[n+]3CC)CS[C@@H]21)c1nsc(N)n1. The van der Waals surface area contributed by atoms with E-state index in [0.717, 1.165) is 21.8 Å². The highest BCUT2D eigenvalue weighted by Crippen LogP contribution is 2.47. The Hall–Kier alpha value is -3.90. The highest BCUT2D eigenvalue weighted by Gasteiger charge is 2.64. The lowest BCUT2D eigenvalue weighted by atomic mass is 9.87. The number of anilines is 3. The second kappa shape index (κ2) is 10.5. The van der Waals surface area contributed by atoms with Crippen LogP contribution in [0.5, 0.6) is 0 Å². The van der Waals surface area contributed by atoms with E-state index >= 15 is 0 Å². The van der Waals surface area contributed by atoms with Gasteiger partial charge in [0.15, 0.2) is 10.7 Å². The van der Waals surface area contributed by atoms with Gasteiger partial charge in [-0.1, -0.05) is 22.4 Å². The first kappa shape index (κ1) is 27.1. The number of nitrogens with one attached hydrogen (secondary N) is 1. The van der Waals surface area contributed by atoms with Crippen LogP contribution in [-0.2, 0) is 25.8 Å². The van der Waals surface area contributed by atoms with E-state index in [9.17, 15) is 19.5 Å². The second-order valence-corrected chi connectivity index (χ2v) is 9.96. The molecule has 0 spiro atoms. The molecule has 18 heteroatoms. The smallest absolute Gasteiger partial charge is 0.391 e. The molecule has 200 valence electrons. The summed E-state index contributed by atoms with van der Waals surface area (Å²) >= 11 is 7.18.